The van der Waals surface area contributed by atoms with Crippen LogP contribution in [0.2, 0.25) is 15.1 Å². The zero-order valence-corrected chi connectivity index (χ0v) is 20.2. The molecule has 0 unspecified atom stereocenters. The van der Waals surface area contributed by atoms with Crippen LogP contribution in [0.1, 0.15) is 5.56 Å². The largest absolute Gasteiger partial charge is 0.573 e. The van der Waals surface area contributed by atoms with Crippen molar-refractivity contribution >= 4 is 52.4 Å². The molecule has 0 aliphatic carbocycles. The van der Waals surface area contributed by atoms with E-state index in [1.807, 2.05) is 0 Å². The average molecular weight is 554 g/mol. The third kappa shape index (κ3) is 7.03. The van der Waals surface area contributed by atoms with Crippen LogP contribution < -0.4 is 10.1 Å². The van der Waals surface area contributed by atoms with E-state index in [0.29, 0.717) is 31.9 Å². The van der Waals surface area contributed by atoms with Crippen LogP contribution in [0.25, 0.3) is 11.4 Å². The van der Waals surface area contributed by atoms with E-state index in [1.165, 1.54) is 24.3 Å². The molecule has 1 N–H and O–H groups in total. The number of rotatable bonds is 7. The van der Waals surface area contributed by atoms with Crippen LogP contribution in [0.4, 0.5) is 30.8 Å². The first-order valence-corrected chi connectivity index (χ1v) is 11.2. The fourth-order valence-electron chi connectivity index (χ4n) is 2.93. The molecule has 1 aromatic heterocycles. The second kappa shape index (κ2) is 11.1. The molecule has 4 aromatic rings. The van der Waals surface area contributed by atoms with Crippen molar-refractivity contribution in [1.82, 2.24) is 15.0 Å². The van der Waals surface area contributed by atoms with Gasteiger partial charge in [-0.3, -0.25) is 0 Å². The van der Waals surface area contributed by atoms with Crippen molar-refractivity contribution in [3.8, 4) is 17.1 Å². The standard InChI is InChI=1S/C23H14Cl3F3N6O/c24-14-6-8-15(9-7-14)31-21-32-20(19-17(25)2-1-3-18(19)26)33-22(34-21)35-30-12-13-4-10-16(11-5-13)36-23(27,28)29/h1-11H,12H2,(H,31,32,33,34). The van der Waals surface area contributed by atoms with Gasteiger partial charge in [0.2, 0.25) is 5.95 Å². The van der Waals surface area contributed by atoms with Gasteiger partial charge in [0, 0.05) is 10.7 Å². The van der Waals surface area contributed by atoms with Crippen molar-refractivity contribution in [3.63, 3.8) is 0 Å². The molecule has 7 nitrogen and oxygen atoms in total. The van der Waals surface area contributed by atoms with E-state index in [9.17, 15) is 13.2 Å². The number of hydrogen-bond donors (Lipinski definition) is 1. The number of ether oxygens (including phenoxy) is 1. The summed E-state index contributed by atoms with van der Waals surface area (Å²) in [5.41, 5.74) is 1.64. The summed E-state index contributed by atoms with van der Waals surface area (Å²) in [6, 6.07) is 17.1. The maximum absolute atomic E-state index is 12.3. The molecule has 0 amide bonds. The highest BCUT2D eigenvalue weighted by Crippen LogP contribution is 2.34. The Morgan fingerprint density at radius 3 is 2.14 bits per heavy atom. The Bertz CT molecular complexity index is 1360. The lowest BCUT2D eigenvalue weighted by Crippen LogP contribution is -2.16. The van der Waals surface area contributed by atoms with Crippen LogP contribution in [-0.2, 0) is 6.54 Å². The van der Waals surface area contributed by atoms with Crippen LogP contribution >= 0.6 is 34.8 Å². The van der Waals surface area contributed by atoms with Gasteiger partial charge in [0.25, 0.3) is 5.95 Å². The Morgan fingerprint density at radius 2 is 1.50 bits per heavy atom. The first-order valence-electron chi connectivity index (χ1n) is 10.1. The Labute approximate surface area is 218 Å². The monoisotopic (exact) mass is 552 g/mol. The lowest BCUT2D eigenvalue weighted by Gasteiger charge is -2.09. The molecular weight excluding hydrogens is 540 g/mol. The number of nitrogens with one attached hydrogen (secondary N) is 1. The molecule has 184 valence electrons. The molecule has 0 radical (unpaired) electrons. The Morgan fingerprint density at radius 1 is 0.833 bits per heavy atom. The number of anilines is 2. The molecule has 0 atom stereocenters. The van der Waals surface area contributed by atoms with E-state index >= 15 is 0 Å². The molecule has 13 heteroatoms. The Kier molecular flexibility index (Phi) is 7.88. The van der Waals surface area contributed by atoms with Gasteiger partial charge in [-0.1, -0.05) is 53.0 Å². The number of aromatic nitrogens is 3. The molecule has 3 aromatic carbocycles. The van der Waals surface area contributed by atoms with E-state index in [4.69, 9.17) is 34.8 Å². The van der Waals surface area contributed by atoms with Crippen LogP contribution in [0.3, 0.4) is 0 Å². The van der Waals surface area contributed by atoms with Crippen molar-refractivity contribution in [2.45, 2.75) is 12.9 Å². The van der Waals surface area contributed by atoms with Gasteiger partial charge in [0.05, 0.1) is 22.2 Å². The minimum Gasteiger partial charge on any atom is -0.406 e. The number of benzene rings is 3. The van der Waals surface area contributed by atoms with E-state index in [-0.39, 0.29) is 30.0 Å². The molecule has 0 saturated carbocycles. The number of alkyl halides is 3. The van der Waals surface area contributed by atoms with Crippen molar-refractivity contribution in [3.05, 3.63) is 87.4 Å². The first kappa shape index (κ1) is 25.6. The average Bonchev–Trinajstić information content (AvgIpc) is 2.81. The molecule has 1 heterocycles. The molecule has 0 spiro atoms. The van der Waals surface area contributed by atoms with E-state index in [1.54, 1.807) is 42.5 Å². The maximum Gasteiger partial charge on any atom is 0.573 e. The highest BCUT2D eigenvalue weighted by atomic mass is 35.5. The molecule has 36 heavy (non-hydrogen) atoms. The quantitative estimate of drug-likeness (QED) is 0.232. The lowest BCUT2D eigenvalue weighted by molar-refractivity contribution is -0.274. The molecule has 4 rings (SSSR count). The van der Waals surface area contributed by atoms with Gasteiger partial charge in [-0.2, -0.15) is 20.1 Å². The van der Waals surface area contributed by atoms with Crippen LogP contribution in [0.5, 0.6) is 5.75 Å². The summed E-state index contributed by atoms with van der Waals surface area (Å²) in [5.74, 6) is -0.0510. The van der Waals surface area contributed by atoms with Crippen LogP contribution in [0, 0.1) is 0 Å². The normalized spacial score (nSPS) is 11.6. The summed E-state index contributed by atoms with van der Waals surface area (Å²) in [5, 5.41) is 12.4. The summed E-state index contributed by atoms with van der Waals surface area (Å²) in [4.78, 5) is 13.0. The SMILES string of the molecule is FC(F)(F)Oc1ccc(CN=Nc2nc(Nc3ccc(Cl)cc3)nc(-c3c(Cl)cccc3Cl)n2)cc1. The third-order valence-electron chi connectivity index (χ3n) is 4.48. The zero-order chi connectivity index (χ0) is 25.7. The topological polar surface area (TPSA) is 84.7 Å². The summed E-state index contributed by atoms with van der Waals surface area (Å²) in [7, 11) is 0. The van der Waals surface area contributed by atoms with Crippen molar-refractivity contribution in [2.24, 2.45) is 10.2 Å². The minimum absolute atomic E-state index is 0.0375. The van der Waals surface area contributed by atoms with E-state index in [2.05, 4.69) is 35.2 Å². The van der Waals surface area contributed by atoms with Crippen molar-refractivity contribution in [2.75, 3.05) is 5.32 Å². The van der Waals surface area contributed by atoms with Gasteiger partial charge in [-0.15, -0.1) is 18.3 Å². The van der Waals surface area contributed by atoms with Gasteiger partial charge in [0.1, 0.15) is 5.75 Å². The predicted octanol–water partition coefficient (Wildman–Crippen LogP) is 8.42. The van der Waals surface area contributed by atoms with Crippen LogP contribution in [0.15, 0.2) is 77.0 Å². The minimum atomic E-state index is -4.76. The Balaban J connectivity index is 1.60. The number of hydrogen-bond acceptors (Lipinski definition) is 7. The summed E-state index contributed by atoms with van der Waals surface area (Å²) < 4.78 is 40.8. The van der Waals surface area contributed by atoms with Crippen LogP contribution in [-0.4, -0.2) is 21.3 Å². The molecule has 0 bridgehead atoms. The molecule has 0 fully saturated rings. The first-order chi connectivity index (χ1) is 17.2. The number of halogens is 6. The second-order valence-corrected chi connectivity index (χ2v) is 8.35. The van der Waals surface area contributed by atoms with Gasteiger partial charge in [-0.05, 0) is 54.1 Å². The highest BCUT2D eigenvalue weighted by molar-refractivity contribution is 6.39. The Hall–Kier alpha value is -3.47. The molecule has 0 saturated heterocycles. The predicted molar refractivity (Wildman–Crippen MR) is 131 cm³/mol. The maximum atomic E-state index is 12.3. The zero-order valence-electron chi connectivity index (χ0n) is 18.0. The number of azo groups is 1. The fourth-order valence-corrected chi connectivity index (χ4v) is 3.62. The summed E-state index contributed by atoms with van der Waals surface area (Å²) in [6.45, 7) is 0.0557. The van der Waals surface area contributed by atoms with E-state index < -0.39 is 6.36 Å². The summed E-state index contributed by atoms with van der Waals surface area (Å²) >= 11 is 18.6. The highest BCUT2D eigenvalue weighted by Gasteiger charge is 2.30. The fraction of sp³-hybridized carbons (Fsp3) is 0.0870. The smallest absolute Gasteiger partial charge is 0.406 e. The van der Waals surface area contributed by atoms with Crippen molar-refractivity contribution in [1.29, 1.82) is 0 Å². The lowest BCUT2D eigenvalue weighted by atomic mass is 10.2. The molecular formula is C23H14Cl3F3N6O. The number of nitrogens with zero attached hydrogens (tertiary/aromatic N) is 5. The van der Waals surface area contributed by atoms with E-state index in [0.717, 1.165) is 0 Å². The van der Waals surface area contributed by atoms with Gasteiger partial charge in [-0.25, -0.2) is 0 Å². The summed E-state index contributed by atoms with van der Waals surface area (Å²) in [6.07, 6.45) is -4.76. The second-order valence-electron chi connectivity index (χ2n) is 7.10. The third-order valence-corrected chi connectivity index (χ3v) is 5.36. The van der Waals surface area contributed by atoms with Gasteiger partial charge < -0.3 is 10.1 Å². The van der Waals surface area contributed by atoms with Gasteiger partial charge >= 0.3 is 6.36 Å². The molecule has 0 aliphatic rings. The van der Waals surface area contributed by atoms with Gasteiger partial charge in [0.15, 0.2) is 5.82 Å². The molecule has 0 aliphatic heterocycles. The van der Waals surface area contributed by atoms with Crippen molar-refractivity contribution < 1.29 is 17.9 Å².